The fourth-order valence-corrected chi connectivity index (χ4v) is 1.82. The standard InChI is InChI=1S/C10H14N2O2/c13-7-9-2-1-5-12(9)6-8-3-4-10(14)11-8/h1-2,5,8,13H,3-4,6-7H2,(H,11,14). The molecule has 0 radical (unpaired) electrons. The molecule has 0 aliphatic carbocycles. The van der Waals surface area contributed by atoms with Crippen LogP contribution >= 0.6 is 0 Å². The third kappa shape index (κ3) is 1.80. The molecule has 1 aliphatic heterocycles. The molecule has 1 aromatic rings. The van der Waals surface area contributed by atoms with Gasteiger partial charge in [-0.1, -0.05) is 0 Å². The van der Waals surface area contributed by atoms with Crippen LogP contribution in [-0.4, -0.2) is 21.6 Å². The van der Waals surface area contributed by atoms with Crippen molar-refractivity contribution < 1.29 is 9.90 Å². The summed E-state index contributed by atoms with van der Waals surface area (Å²) in [6.45, 7) is 0.808. The molecule has 1 aromatic heterocycles. The van der Waals surface area contributed by atoms with E-state index in [0.717, 1.165) is 18.7 Å². The van der Waals surface area contributed by atoms with Crippen molar-refractivity contribution >= 4 is 5.91 Å². The number of nitrogens with one attached hydrogen (secondary N) is 1. The summed E-state index contributed by atoms with van der Waals surface area (Å²) < 4.78 is 1.98. The van der Waals surface area contributed by atoms with Crippen molar-refractivity contribution in [2.24, 2.45) is 0 Å². The number of rotatable bonds is 3. The molecule has 2 rings (SSSR count). The first-order chi connectivity index (χ1) is 6.79. The number of carbonyl (C=O) groups excluding carboxylic acids is 1. The van der Waals surface area contributed by atoms with Crippen molar-refractivity contribution in [2.75, 3.05) is 0 Å². The van der Waals surface area contributed by atoms with E-state index < -0.39 is 0 Å². The lowest BCUT2D eigenvalue weighted by Gasteiger charge is -2.13. The van der Waals surface area contributed by atoms with Gasteiger partial charge >= 0.3 is 0 Å². The topological polar surface area (TPSA) is 54.3 Å². The second-order valence-corrected chi connectivity index (χ2v) is 3.61. The second kappa shape index (κ2) is 3.84. The van der Waals surface area contributed by atoms with E-state index in [4.69, 9.17) is 5.11 Å². The Morgan fingerprint density at radius 3 is 3.14 bits per heavy atom. The zero-order chi connectivity index (χ0) is 9.97. The fourth-order valence-electron chi connectivity index (χ4n) is 1.82. The summed E-state index contributed by atoms with van der Waals surface area (Å²) in [7, 11) is 0. The van der Waals surface area contributed by atoms with Gasteiger partial charge in [-0.2, -0.15) is 0 Å². The summed E-state index contributed by atoms with van der Waals surface area (Å²) in [4.78, 5) is 11.0. The predicted octanol–water partition coefficient (Wildman–Crippen LogP) is 0.259. The molecule has 1 unspecified atom stereocenters. The van der Waals surface area contributed by atoms with Gasteiger partial charge in [0.1, 0.15) is 0 Å². The molecule has 1 saturated heterocycles. The van der Waals surface area contributed by atoms with Crippen LogP contribution in [0.5, 0.6) is 0 Å². The predicted molar refractivity (Wildman–Crippen MR) is 51.5 cm³/mol. The number of aliphatic hydroxyl groups excluding tert-OH is 1. The molecular weight excluding hydrogens is 180 g/mol. The molecule has 1 amide bonds. The molecule has 0 saturated carbocycles. The Labute approximate surface area is 82.5 Å². The summed E-state index contributed by atoms with van der Waals surface area (Å²) in [5.41, 5.74) is 0.895. The van der Waals surface area contributed by atoms with Gasteiger partial charge in [0.2, 0.25) is 5.91 Å². The average molecular weight is 194 g/mol. The minimum Gasteiger partial charge on any atom is -0.390 e. The van der Waals surface area contributed by atoms with Crippen molar-refractivity contribution in [3.05, 3.63) is 24.0 Å². The van der Waals surface area contributed by atoms with Gasteiger partial charge in [0, 0.05) is 30.9 Å². The zero-order valence-electron chi connectivity index (χ0n) is 7.94. The summed E-state index contributed by atoms with van der Waals surface area (Å²) in [6, 6.07) is 4.01. The monoisotopic (exact) mass is 194 g/mol. The van der Waals surface area contributed by atoms with Crippen LogP contribution in [0.25, 0.3) is 0 Å². The van der Waals surface area contributed by atoms with E-state index >= 15 is 0 Å². The van der Waals surface area contributed by atoms with Crippen molar-refractivity contribution in [1.29, 1.82) is 0 Å². The van der Waals surface area contributed by atoms with Crippen molar-refractivity contribution in [2.45, 2.75) is 32.0 Å². The van der Waals surface area contributed by atoms with Crippen LogP contribution in [0.15, 0.2) is 18.3 Å². The number of carbonyl (C=O) groups is 1. The van der Waals surface area contributed by atoms with Crippen molar-refractivity contribution in [1.82, 2.24) is 9.88 Å². The van der Waals surface area contributed by atoms with Gasteiger partial charge in [-0.25, -0.2) is 0 Å². The van der Waals surface area contributed by atoms with Gasteiger partial charge in [-0.05, 0) is 18.6 Å². The van der Waals surface area contributed by atoms with Gasteiger partial charge in [0.05, 0.1) is 6.61 Å². The number of hydrogen-bond donors (Lipinski definition) is 2. The Hall–Kier alpha value is -1.29. The van der Waals surface area contributed by atoms with Crippen LogP contribution in [0.2, 0.25) is 0 Å². The van der Waals surface area contributed by atoms with Crippen molar-refractivity contribution in [3.8, 4) is 0 Å². The van der Waals surface area contributed by atoms with Crippen LogP contribution in [0, 0.1) is 0 Å². The maximum atomic E-state index is 11.0. The lowest BCUT2D eigenvalue weighted by molar-refractivity contribution is -0.119. The van der Waals surface area contributed by atoms with Crippen LogP contribution < -0.4 is 5.32 Å². The third-order valence-electron chi connectivity index (χ3n) is 2.59. The van der Waals surface area contributed by atoms with Gasteiger partial charge in [-0.3, -0.25) is 4.79 Å². The Bertz CT molecular complexity index is 333. The van der Waals surface area contributed by atoms with Crippen LogP contribution in [0.1, 0.15) is 18.5 Å². The molecule has 2 heterocycles. The van der Waals surface area contributed by atoms with Gasteiger partial charge in [0.25, 0.3) is 0 Å². The maximum absolute atomic E-state index is 11.0. The van der Waals surface area contributed by atoms with Gasteiger partial charge in [-0.15, -0.1) is 0 Å². The highest BCUT2D eigenvalue weighted by Crippen LogP contribution is 2.11. The molecular formula is C10H14N2O2. The van der Waals surface area contributed by atoms with E-state index in [0.29, 0.717) is 6.42 Å². The molecule has 4 heteroatoms. The molecule has 1 atom stereocenters. The highest BCUT2D eigenvalue weighted by molar-refractivity contribution is 5.78. The molecule has 2 N–H and O–H groups in total. The molecule has 4 nitrogen and oxygen atoms in total. The van der Waals surface area contributed by atoms with Gasteiger partial charge < -0.3 is 15.0 Å². The lowest BCUT2D eigenvalue weighted by Crippen LogP contribution is -2.29. The second-order valence-electron chi connectivity index (χ2n) is 3.61. The molecule has 76 valence electrons. The van der Waals surface area contributed by atoms with E-state index in [1.165, 1.54) is 0 Å². The smallest absolute Gasteiger partial charge is 0.220 e. The van der Waals surface area contributed by atoms with Crippen molar-refractivity contribution in [3.63, 3.8) is 0 Å². The highest BCUT2D eigenvalue weighted by atomic mass is 16.3. The highest BCUT2D eigenvalue weighted by Gasteiger charge is 2.21. The first kappa shape index (κ1) is 9.27. The molecule has 0 spiro atoms. The molecule has 0 aromatic carbocycles. The van der Waals surface area contributed by atoms with Gasteiger partial charge in [0.15, 0.2) is 0 Å². The molecule has 1 fully saturated rings. The largest absolute Gasteiger partial charge is 0.390 e. The number of aromatic nitrogens is 1. The minimum absolute atomic E-state index is 0.0493. The number of aliphatic hydroxyl groups is 1. The third-order valence-corrected chi connectivity index (χ3v) is 2.59. The summed E-state index contributed by atoms with van der Waals surface area (Å²) in [5, 5.41) is 11.9. The van der Waals surface area contributed by atoms with E-state index in [1.807, 2.05) is 22.9 Å². The summed E-state index contributed by atoms with van der Waals surface area (Å²) in [5.74, 6) is 0.132. The SMILES string of the molecule is O=C1CCC(Cn2cccc2CO)N1. The first-order valence-electron chi connectivity index (χ1n) is 4.84. The zero-order valence-corrected chi connectivity index (χ0v) is 7.94. The van der Waals surface area contributed by atoms with Crippen LogP contribution in [0.3, 0.4) is 0 Å². The number of hydrogen-bond acceptors (Lipinski definition) is 2. The Balaban J connectivity index is 2.00. The summed E-state index contributed by atoms with van der Waals surface area (Å²) >= 11 is 0. The number of amides is 1. The molecule has 1 aliphatic rings. The molecule has 14 heavy (non-hydrogen) atoms. The van der Waals surface area contributed by atoms with Crippen LogP contribution in [0.4, 0.5) is 0 Å². The summed E-state index contributed by atoms with van der Waals surface area (Å²) in [6.07, 6.45) is 3.44. The first-order valence-corrected chi connectivity index (χ1v) is 4.84. The quantitative estimate of drug-likeness (QED) is 0.725. The van der Waals surface area contributed by atoms with E-state index in [-0.39, 0.29) is 18.6 Å². The fraction of sp³-hybridized carbons (Fsp3) is 0.500. The number of nitrogens with zero attached hydrogens (tertiary/aromatic N) is 1. The Kier molecular flexibility index (Phi) is 2.54. The maximum Gasteiger partial charge on any atom is 0.220 e. The molecule has 0 bridgehead atoms. The van der Waals surface area contributed by atoms with E-state index in [9.17, 15) is 4.79 Å². The Morgan fingerprint density at radius 2 is 2.50 bits per heavy atom. The lowest BCUT2D eigenvalue weighted by atomic mass is 10.2. The average Bonchev–Trinajstić information content (AvgIpc) is 2.76. The van der Waals surface area contributed by atoms with E-state index in [2.05, 4.69) is 5.32 Å². The minimum atomic E-state index is 0.0493. The van der Waals surface area contributed by atoms with E-state index in [1.54, 1.807) is 0 Å². The normalized spacial score (nSPS) is 21.2. The van der Waals surface area contributed by atoms with Crippen LogP contribution in [-0.2, 0) is 17.9 Å². The Morgan fingerprint density at radius 1 is 1.64 bits per heavy atom.